The van der Waals surface area contributed by atoms with Crippen LogP contribution in [0.3, 0.4) is 0 Å². The minimum atomic E-state index is -0.550. The number of aryl methyl sites for hydroxylation is 1. The molecule has 6 heteroatoms. The second kappa shape index (κ2) is 6.58. The molecule has 1 saturated carbocycles. The lowest BCUT2D eigenvalue weighted by atomic mass is 9.70. The Balaban J connectivity index is 1.63. The summed E-state index contributed by atoms with van der Waals surface area (Å²) < 4.78 is 11.5. The highest BCUT2D eigenvalue weighted by atomic mass is 16.5. The number of hydrogen-bond acceptors (Lipinski definition) is 5. The molecule has 1 fully saturated rings. The Kier molecular flexibility index (Phi) is 4.12. The summed E-state index contributed by atoms with van der Waals surface area (Å²) in [5, 5.41) is 4.06. The summed E-state index contributed by atoms with van der Waals surface area (Å²) >= 11 is 0. The average molecular weight is 392 g/mol. The second-order valence-corrected chi connectivity index (χ2v) is 8.58. The molecule has 0 saturated heterocycles. The SMILES string of the molecule is Cc1cc(N2C(=O)C3=C(C(=O)C4CC(C)C(C)CC4O3)C2c2ccccc2)no1. The van der Waals surface area contributed by atoms with Gasteiger partial charge in [-0.15, -0.1) is 0 Å². The number of ether oxygens (including phenoxy) is 1. The van der Waals surface area contributed by atoms with Crippen LogP contribution in [0.2, 0.25) is 0 Å². The summed E-state index contributed by atoms with van der Waals surface area (Å²) in [4.78, 5) is 28.6. The van der Waals surface area contributed by atoms with E-state index in [9.17, 15) is 9.59 Å². The minimum Gasteiger partial charge on any atom is -0.483 e. The number of amides is 1. The summed E-state index contributed by atoms with van der Waals surface area (Å²) in [6.45, 7) is 6.16. The molecule has 5 unspecified atom stereocenters. The highest BCUT2D eigenvalue weighted by molar-refractivity contribution is 6.17. The Morgan fingerprint density at radius 1 is 1.07 bits per heavy atom. The number of carbonyl (C=O) groups excluding carboxylic acids is 2. The maximum atomic E-state index is 13.6. The van der Waals surface area contributed by atoms with Crippen LogP contribution < -0.4 is 4.90 Å². The van der Waals surface area contributed by atoms with E-state index >= 15 is 0 Å². The molecule has 5 rings (SSSR count). The van der Waals surface area contributed by atoms with Gasteiger partial charge in [-0.1, -0.05) is 49.3 Å². The molecule has 29 heavy (non-hydrogen) atoms. The van der Waals surface area contributed by atoms with Gasteiger partial charge in [-0.2, -0.15) is 0 Å². The van der Waals surface area contributed by atoms with Gasteiger partial charge >= 0.3 is 0 Å². The van der Waals surface area contributed by atoms with E-state index in [4.69, 9.17) is 9.26 Å². The van der Waals surface area contributed by atoms with Gasteiger partial charge in [0.1, 0.15) is 11.9 Å². The Morgan fingerprint density at radius 3 is 2.48 bits per heavy atom. The third-order valence-corrected chi connectivity index (χ3v) is 6.69. The predicted octanol–water partition coefficient (Wildman–Crippen LogP) is 3.98. The number of aromatic nitrogens is 1. The number of rotatable bonds is 2. The second-order valence-electron chi connectivity index (χ2n) is 8.58. The van der Waals surface area contributed by atoms with Crippen molar-refractivity contribution in [2.24, 2.45) is 17.8 Å². The quantitative estimate of drug-likeness (QED) is 0.773. The maximum absolute atomic E-state index is 13.6. The third kappa shape index (κ3) is 2.73. The van der Waals surface area contributed by atoms with Crippen molar-refractivity contribution >= 4 is 17.5 Å². The van der Waals surface area contributed by atoms with Crippen molar-refractivity contribution in [1.82, 2.24) is 5.16 Å². The maximum Gasteiger partial charge on any atom is 0.295 e. The number of carbonyl (C=O) groups is 2. The molecule has 150 valence electrons. The topological polar surface area (TPSA) is 72.6 Å². The zero-order valence-corrected chi connectivity index (χ0v) is 16.8. The lowest BCUT2D eigenvalue weighted by Gasteiger charge is -2.40. The van der Waals surface area contributed by atoms with Crippen LogP contribution in [0.5, 0.6) is 0 Å². The molecule has 0 N–H and O–H groups in total. The molecule has 1 aromatic heterocycles. The smallest absolute Gasteiger partial charge is 0.295 e. The summed E-state index contributed by atoms with van der Waals surface area (Å²) in [5.74, 6) is 1.63. The first-order chi connectivity index (χ1) is 14.0. The van der Waals surface area contributed by atoms with Crippen LogP contribution in [0.25, 0.3) is 0 Å². The molecular weight excluding hydrogens is 368 g/mol. The average Bonchev–Trinajstić information content (AvgIpc) is 3.26. The fourth-order valence-electron chi connectivity index (χ4n) is 4.91. The van der Waals surface area contributed by atoms with Gasteiger partial charge in [-0.25, -0.2) is 0 Å². The van der Waals surface area contributed by atoms with Crippen molar-refractivity contribution in [2.75, 3.05) is 4.90 Å². The van der Waals surface area contributed by atoms with E-state index in [1.54, 1.807) is 17.9 Å². The highest BCUT2D eigenvalue weighted by Crippen LogP contribution is 2.49. The number of ketones is 1. The molecule has 5 atom stereocenters. The van der Waals surface area contributed by atoms with E-state index in [0.717, 1.165) is 18.4 Å². The summed E-state index contributed by atoms with van der Waals surface area (Å²) in [6, 6.07) is 10.8. The van der Waals surface area contributed by atoms with Crippen LogP contribution in [0.15, 0.2) is 52.3 Å². The van der Waals surface area contributed by atoms with E-state index in [2.05, 4.69) is 19.0 Å². The van der Waals surface area contributed by atoms with Crippen LogP contribution in [0.1, 0.15) is 44.1 Å². The molecular formula is C23H24N2O4. The highest BCUT2D eigenvalue weighted by Gasteiger charge is 2.54. The van der Waals surface area contributed by atoms with Crippen LogP contribution in [0.4, 0.5) is 5.82 Å². The molecule has 3 aliphatic rings. The van der Waals surface area contributed by atoms with Crippen molar-refractivity contribution < 1.29 is 18.8 Å². The van der Waals surface area contributed by atoms with E-state index in [1.807, 2.05) is 30.3 Å². The Labute approximate surface area is 169 Å². The molecule has 3 heterocycles. The van der Waals surface area contributed by atoms with Gasteiger partial charge in [0, 0.05) is 6.07 Å². The van der Waals surface area contributed by atoms with Gasteiger partial charge < -0.3 is 9.26 Å². The number of fused-ring (bicyclic) bond motifs is 1. The molecule has 2 aromatic rings. The van der Waals surface area contributed by atoms with Crippen LogP contribution >= 0.6 is 0 Å². The van der Waals surface area contributed by atoms with Gasteiger partial charge in [0.05, 0.1) is 17.5 Å². The largest absolute Gasteiger partial charge is 0.483 e. The number of hydrogen-bond donors (Lipinski definition) is 0. The Bertz CT molecular complexity index is 1010. The standard InChI is InChI=1S/C23H24N2O4/c1-12-9-16-17(10-13(12)2)28-22-19(21(16)26)20(15-7-5-4-6-8-15)25(23(22)27)18-11-14(3)29-24-18/h4-8,11-13,16-17,20H,9-10H2,1-3H3. The lowest BCUT2D eigenvalue weighted by Crippen LogP contribution is -2.43. The van der Waals surface area contributed by atoms with E-state index in [-0.39, 0.29) is 29.5 Å². The van der Waals surface area contributed by atoms with Crippen molar-refractivity contribution in [3.63, 3.8) is 0 Å². The summed E-state index contributed by atoms with van der Waals surface area (Å²) in [5.41, 5.74) is 1.32. The molecule has 0 radical (unpaired) electrons. The fourth-order valence-corrected chi connectivity index (χ4v) is 4.91. The van der Waals surface area contributed by atoms with Crippen LogP contribution in [-0.4, -0.2) is 23.0 Å². The van der Waals surface area contributed by atoms with Gasteiger partial charge in [-0.3, -0.25) is 14.5 Å². The van der Waals surface area contributed by atoms with E-state index in [0.29, 0.717) is 29.0 Å². The molecule has 0 bridgehead atoms. The molecule has 2 aliphatic heterocycles. The van der Waals surface area contributed by atoms with E-state index in [1.165, 1.54) is 0 Å². The molecule has 1 aliphatic carbocycles. The van der Waals surface area contributed by atoms with Crippen molar-refractivity contribution in [3.8, 4) is 0 Å². The first-order valence-electron chi connectivity index (χ1n) is 10.2. The molecule has 1 aromatic carbocycles. The van der Waals surface area contributed by atoms with Crippen LogP contribution in [-0.2, 0) is 14.3 Å². The Hall–Kier alpha value is -2.89. The summed E-state index contributed by atoms with van der Waals surface area (Å²) in [6.07, 6.45) is 1.35. The van der Waals surface area contributed by atoms with Gasteiger partial charge in [0.2, 0.25) is 0 Å². The van der Waals surface area contributed by atoms with Gasteiger partial charge in [0.25, 0.3) is 5.91 Å². The number of benzene rings is 1. The minimum absolute atomic E-state index is 0.0416. The Morgan fingerprint density at radius 2 is 1.79 bits per heavy atom. The summed E-state index contributed by atoms with van der Waals surface area (Å²) in [7, 11) is 0. The number of nitrogens with zero attached hydrogens (tertiary/aromatic N) is 2. The van der Waals surface area contributed by atoms with Crippen molar-refractivity contribution in [2.45, 2.75) is 45.8 Å². The first kappa shape index (κ1) is 18.2. The number of anilines is 1. The first-order valence-corrected chi connectivity index (χ1v) is 10.2. The monoisotopic (exact) mass is 392 g/mol. The van der Waals surface area contributed by atoms with E-state index < -0.39 is 6.04 Å². The van der Waals surface area contributed by atoms with Gasteiger partial charge in [0.15, 0.2) is 17.4 Å². The fraction of sp³-hybridized carbons (Fsp3) is 0.435. The van der Waals surface area contributed by atoms with Gasteiger partial charge in [-0.05, 0) is 37.2 Å². The zero-order valence-electron chi connectivity index (χ0n) is 16.8. The third-order valence-electron chi connectivity index (χ3n) is 6.69. The van der Waals surface area contributed by atoms with Crippen LogP contribution in [0, 0.1) is 24.7 Å². The molecule has 0 spiro atoms. The van der Waals surface area contributed by atoms with Crippen molar-refractivity contribution in [3.05, 3.63) is 59.1 Å². The molecule has 6 nitrogen and oxygen atoms in total. The number of Topliss-reactive ketones (excluding diaryl/α,β-unsaturated/α-hetero) is 1. The predicted molar refractivity (Wildman–Crippen MR) is 106 cm³/mol. The van der Waals surface area contributed by atoms with Crippen molar-refractivity contribution in [1.29, 1.82) is 0 Å². The normalized spacial score (nSPS) is 31.6. The zero-order chi connectivity index (χ0) is 20.3. The molecule has 1 amide bonds. The lowest BCUT2D eigenvalue weighted by molar-refractivity contribution is -0.134.